The number of benzene rings is 1. The van der Waals surface area contributed by atoms with Crippen LogP contribution in [0.3, 0.4) is 0 Å². The van der Waals surface area contributed by atoms with Crippen molar-refractivity contribution in [2.24, 2.45) is 0 Å². The van der Waals surface area contributed by atoms with Crippen molar-refractivity contribution in [2.75, 3.05) is 12.3 Å². The normalized spacial score (nSPS) is 17.7. The average molecular weight is 374 g/mol. The number of carbonyl (C=O) groups excluding carboxylic acids is 1. The lowest BCUT2D eigenvalue weighted by Crippen LogP contribution is -2.44. The van der Waals surface area contributed by atoms with Crippen molar-refractivity contribution in [2.45, 2.75) is 58.2 Å². The van der Waals surface area contributed by atoms with Crippen molar-refractivity contribution in [3.63, 3.8) is 0 Å². The molecule has 2 aromatic rings. The Bertz CT molecular complexity index is 858. The van der Waals surface area contributed by atoms with Crippen LogP contribution in [0.2, 0.25) is 0 Å². The van der Waals surface area contributed by atoms with Gasteiger partial charge in [0.05, 0.1) is 5.75 Å². The molecule has 4 nitrogen and oxygen atoms in total. The summed E-state index contributed by atoms with van der Waals surface area (Å²) >= 11 is 1.58. The molecule has 3 rings (SSSR count). The number of aryl methyl sites for hydroxylation is 2. The summed E-state index contributed by atoms with van der Waals surface area (Å²) in [5.74, 6) is 1.32. The molecule has 2 heterocycles. The van der Waals surface area contributed by atoms with Gasteiger partial charge in [0.25, 0.3) is 0 Å². The molecular formula is C21H27NO3S. The number of likely N-dealkylation sites (tertiary alicyclic amines) is 1. The number of amides is 1. The van der Waals surface area contributed by atoms with Gasteiger partial charge in [-0.05, 0) is 68.4 Å². The lowest BCUT2D eigenvalue weighted by atomic mass is 10.0. The van der Waals surface area contributed by atoms with Gasteiger partial charge in [-0.3, -0.25) is 4.79 Å². The molecule has 0 N–H and O–H groups in total. The summed E-state index contributed by atoms with van der Waals surface area (Å²) in [4.78, 5) is 26.5. The van der Waals surface area contributed by atoms with Crippen LogP contribution in [0.1, 0.15) is 49.3 Å². The molecule has 5 heteroatoms. The molecule has 0 saturated carbocycles. The topological polar surface area (TPSA) is 50.5 Å². The van der Waals surface area contributed by atoms with E-state index in [1.165, 1.54) is 12.0 Å². The predicted octanol–water partition coefficient (Wildman–Crippen LogP) is 4.43. The molecule has 1 fully saturated rings. The van der Waals surface area contributed by atoms with Crippen LogP contribution in [0, 0.1) is 13.8 Å². The van der Waals surface area contributed by atoms with Gasteiger partial charge in [0.15, 0.2) is 0 Å². The highest BCUT2D eigenvalue weighted by atomic mass is 32.2. The standard InChI is InChI=1S/C21H27NO3S/c1-4-17-7-5-6-8-22(17)20(23)13-26-12-16-11-21(24)25-19-10-15(3)14(2)9-18(16)19/h9-11,17H,4-8,12-13H2,1-3H3/t17-/m1/s1. The first kappa shape index (κ1) is 19.0. The van der Waals surface area contributed by atoms with E-state index >= 15 is 0 Å². The summed E-state index contributed by atoms with van der Waals surface area (Å²) in [6.07, 6.45) is 4.48. The van der Waals surface area contributed by atoms with Crippen molar-refractivity contribution in [1.82, 2.24) is 4.90 Å². The minimum Gasteiger partial charge on any atom is -0.423 e. The third kappa shape index (κ3) is 4.14. The number of rotatable bonds is 5. The maximum Gasteiger partial charge on any atom is 0.336 e. The first-order valence-electron chi connectivity index (χ1n) is 9.40. The van der Waals surface area contributed by atoms with Crippen LogP contribution in [0.4, 0.5) is 0 Å². The van der Waals surface area contributed by atoms with Gasteiger partial charge in [-0.1, -0.05) is 6.92 Å². The molecule has 0 spiro atoms. The number of carbonyl (C=O) groups is 1. The van der Waals surface area contributed by atoms with Crippen LogP contribution in [0.5, 0.6) is 0 Å². The number of nitrogens with zero attached hydrogens (tertiary/aromatic N) is 1. The van der Waals surface area contributed by atoms with E-state index in [9.17, 15) is 9.59 Å². The summed E-state index contributed by atoms with van der Waals surface area (Å²) in [7, 11) is 0. The summed E-state index contributed by atoms with van der Waals surface area (Å²) in [5.41, 5.74) is 3.53. The molecule has 1 amide bonds. The Balaban J connectivity index is 1.71. The molecule has 0 aliphatic carbocycles. The van der Waals surface area contributed by atoms with Crippen molar-refractivity contribution < 1.29 is 9.21 Å². The van der Waals surface area contributed by atoms with Crippen molar-refractivity contribution in [3.8, 4) is 0 Å². The third-order valence-corrected chi connectivity index (χ3v) is 6.31. The van der Waals surface area contributed by atoms with Crippen molar-refractivity contribution >= 4 is 28.6 Å². The number of hydrogen-bond donors (Lipinski definition) is 0. The molecular weight excluding hydrogens is 346 g/mol. The molecule has 1 aliphatic heterocycles. The molecule has 1 saturated heterocycles. The van der Waals surface area contributed by atoms with E-state index in [1.807, 2.05) is 13.0 Å². The fourth-order valence-electron chi connectivity index (χ4n) is 3.69. The monoisotopic (exact) mass is 373 g/mol. The first-order valence-corrected chi connectivity index (χ1v) is 10.6. The van der Waals surface area contributed by atoms with Gasteiger partial charge in [0.2, 0.25) is 5.91 Å². The van der Waals surface area contributed by atoms with Crippen LogP contribution < -0.4 is 5.63 Å². The average Bonchev–Trinajstić information content (AvgIpc) is 2.63. The van der Waals surface area contributed by atoms with E-state index in [0.717, 1.165) is 42.3 Å². The molecule has 1 aliphatic rings. The zero-order chi connectivity index (χ0) is 18.7. The maximum absolute atomic E-state index is 12.6. The van der Waals surface area contributed by atoms with E-state index in [2.05, 4.69) is 24.8 Å². The zero-order valence-electron chi connectivity index (χ0n) is 15.8. The third-order valence-electron chi connectivity index (χ3n) is 5.35. The lowest BCUT2D eigenvalue weighted by molar-refractivity contribution is -0.132. The summed E-state index contributed by atoms with van der Waals surface area (Å²) in [6, 6.07) is 5.95. The van der Waals surface area contributed by atoms with Gasteiger partial charge >= 0.3 is 5.63 Å². The van der Waals surface area contributed by atoms with E-state index < -0.39 is 0 Å². The molecule has 1 aromatic carbocycles. The van der Waals surface area contributed by atoms with E-state index in [0.29, 0.717) is 23.1 Å². The Morgan fingerprint density at radius 3 is 2.77 bits per heavy atom. The number of fused-ring (bicyclic) bond motifs is 1. The lowest BCUT2D eigenvalue weighted by Gasteiger charge is -2.35. The smallest absolute Gasteiger partial charge is 0.336 e. The number of piperidine rings is 1. The fraction of sp³-hybridized carbons (Fsp3) is 0.524. The zero-order valence-corrected chi connectivity index (χ0v) is 16.7. The predicted molar refractivity (Wildman–Crippen MR) is 108 cm³/mol. The Labute approximate surface area is 158 Å². The van der Waals surface area contributed by atoms with Crippen LogP contribution in [-0.2, 0) is 10.5 Å². The second-order valence-electron chi connectivity index (χ2n) is 7.16. The van der Waals surface area contributed by atoms with Gasteiger partial charge in [-0.15, -0.1) is 11.8 Å². The minimum absolute atomic E-state index is 0.223. The number of hydrogen-bond acceptors (Lipinski definition) is 4. The van der Waals surface area contributed by atoms with Crippen molar-refractivity contribution in [1.29, 1.82) is 0 Å². The second kappa shape index (κ2) is 8.30. The van der Waals surface area contributed by atoms with Gasteiger partial charge in [0, 0.05) is 29.8 Å². The molecule has 26 heavy (non-hydrogen) atoms. The Kier molecular flexibility index (Phi) is 6.07. The Morgan fingerprint density at radius 2 is 2.00 bits per heavy atom. The van der Waals surface area contributed by atoms with Crippen LogP contribution in [-0.4, -0.2) is 29.1 Å². The summed E-state index contributed by atoms with van der Waals surface area (Å²) in [5, 5.41) is 0.969. The Hall–Kier alpha value is -1.75. The second-order valence-corrected chi connectivity index (χ2v) is 8.15. The quantitative estimate of drug-likeness (QED) is 0.727. The Morgan fingerprint density at radius 1 is 1.23 bits per heavy atom. The fourth-order valence-corrected chi connectivity index (χ4v) is 4.59. The minimum atomic E-state index is -0.329. The summed E-state index contributed by atoms with van der Waals surface area (Å²) in [6.45, 7) is 7.11. The van der Waals surface area contributed by atoms with E-state index in [-0.39, 0.29) is 11.5 Å². The van der Waals surface area contributed by atoms with Crippen molar-refractivity contribution in [3.05, 3.63) is 45.3 Å². The highest BCUT2D eigenvalue weighted by Crippen LogP contribution is 2.26. The van der Waals surface area contributed by atoms with Crippen LogP contribution >= 0.6 is 11.8 Å². The maximum atomic E-state index is 12.6. The SMILES string of the molecule is CC[C@@H]1CCCCN1C(=O)CSCc1cc(=O)oc2cc(C)c(C)cc12. The first-order chi connectivity index (χ1) is 12.5. The van der Waals surface area contributed by atoms with Gasteiger partial charge in [0.1, 0.15) is 5.58 Å². The van der Waals surface area contributed by atoms with E-state index in [1.54, 1.807) is 17.8 Å². The van der Waals surface area contributed by atoms with E-state index in [4.69, 9.17) is 4.42 Å². The van der Waals surface area contributed by atoms with Crippen LogP contribution in [0.15, 0.2) is 27.4 Å². The molecule has 140 valence electrons. The highest BCUT2D eigenvalue weighted by molar-refractivity contribution is 7.99. The van der Waals surface area contributed by atoms with Gasteiger partial charge < -0.3 is 9.32 Å². The molecule has 0 radical (unpaired) electrons. The molecule has 1 aromatic heterocycles. The van der Waals surface area contributed by atoms with Gasteiger partial charge in [-0.2, -0.15) is 0 Å². The summed E-state index contributed by atoms with van der Waals surface area (Å²) < 4.78 is 5.35. The largest absolute Gasteiger partial charge is 0.423 e. The molecule has 0 unspecified atom stereocenters. The highest BCUT2D eigenvalue weighted by Gasteiger charge is 2.24. The van der Waals surface area contributed by atoms with Crippen LogP contribution in [0.25, 0.3) is 11.0 Å². The molecule has 0 bridgehead atoms. The van der Waals surface area contributed by atoms with Gasteiger partial charge in [-0.25, -0.2) is 4.79 Å². The number of thioether (sulfide) groups is 1. The molecule has 1 atom stereocenters.